The van der Waals surface area contributed by atoms with E-state index in [0.717, 1.165) is 18.4 Å². The van der Waals surface area contributed by atoms with Crippen molar-refractivity contribution in [2.75, 3.05) is 26.3 Å². The third kappa shape index (κ3) is 3.24. The smallest absolute Gasteiger partial charge is 0.261 e. The van der Waals surface area contributed by atoms with Gasteiger partial charge in [0, 0.05) is 19.0 Å². The zero-order valence-electron chi connectivity index (χ0n) is 14.9. The molecule has 26 heavy (non-hydrogen) atoms. The van der Waals surface area contributed by atoms with E-state index in [1.807, 2.05) is 24.0 Å². The Hall–Kier alpha value is -2.25. The molecule has 0 N–H and O–H groups in total. The Morgan fingerprint density at radius 3 is 2.69 bits per heavy atom. The molecule has 1 aromatic heterocycles. The molecule has 0 atom stereocenters. The van der Waals surface area contributed by atoms with Crippen molar-refractivity contribution in [1.82, 2.24) is 14.5 Å². The number of piperidine rings is 1. The van der Waals surface area contributed by atoms with E-state index in [1.54, 1.807) is 6.07 Å². The second-order valence-electron chi connectivity index (χ2n) is 6.98. The van der Waals surface area contributed by atoms with Gasteiger partial charge in [0.05, 0.1) is 30.4 Å². The van der Waals surface area contributed by atoms with Crippen molar-refractivity contribution in [3.63, 3.8) is 0 Å². The quantitative estimate of drug-likeness (QED) is 0.828. The predicted molar refractivity (Wildman–Crippen MR) is 95.7 cm³/mol. The fourth-order valence-electron chi connectivity index (χ4n) is 3.77. The predicted octanol–water partition coefficient (Wildman–Crippen LogP) is 1.32. The summed E-state index contributed by atoms with van der Waals surface area (Å²) in [4.78, 5) is 31.5. The van der Waals surface area contributed by atoms with E-state index in [-0.39, 0.29) is 24.3 Å². The van der Waals surface area contributed by atoms with Gasteiger partial charge in [0.15, 0.2) is 6.29 Å². The molecule has 0 spiro atoms. The van der Waals surface area contributed by atoms with Crippen LogP contribution in [0.15, 0.2) is 29.3 Å². The van der Waals surface area contributed by atoms with Gasteiger partial charge in [0.1, 0.15) is 6.54 Å². The number of nitrogens with zero attached hydrogens (tertiary/aromatic N) is 3. The highest BCUT2D eigenvalue weighted by Gasteiger charge is 2.31. The number of hydrogen-bond acceptors (Lipinski definition) is 5. The molecular formula is C19H23N3O4. The summed E-state index contributed by atoms with van der Waals surface area (Å²) in [6.07, 6.45) is 3.08. The van der Waals surface area contributed by atoms with Crippen LogP contribution in [-0.2, 0) is 20.8 Å². The van der Waals surface area contributed by atoms with Crippen molar-refractivity contribution in [3.05, 3.63) is 40.4 Å². The van der Waals surface area contributed by atoms with Crippen LogP contribution in [0.3, 0.4) is 0 Å². The number of benzene rings is 1. The third-order valence-electron chi connectivity index (χ3n) is 5.29. The molecule has 7 nitrogen and oxygen atoms in total. The van der Waals surface area contributed by atoms with E-state index >= 15 is 0 Å². The summed E-state index contributed by atoms with van der Waals surface area (Å²) in [5.41, 5.74) is 1.48. The molecule has 1 aromatic carbocycles. The third-order valence-corrected chi connectivity index (χ3v) is 5.29. The highest BCUT2D eigenvalue weighted by molar-refractivity contribution is 5.81. The van der Waals surface area contributed by atoms with Gasteiger partial charge in [-0.2, -0.15) is 0 Å². The highest BCUT2D eigenvalue weighted by atomic mass is 16.7. The summed E-state index contributed by atoms with van der Waals surface area (Å²) in [7, 11) is 0. The average Bonchev–Trinajstić information content (AvgIpc) is 3.19. The largest absolute Gasteiger partial charge is 0.350 e. The van der Waals surface area contributed by atoms with Crippen LogP contribution in [0.25, 0.3) is 10.9 Å². The van der Waals surface area contributed by atoms with Gasteiger partial charge in [-0.25, -0.2) is 4.98 Å². The van der Waals surface area contributed by atoms with Gasteiger partial charge in [0.25, 0.3) is 5.56 Å². The number of fused-ring (bicyclic) bond motifs is 1. The lowest BCUT2D eigenvalue weighted by molar-refractivity contribution is -0.137. The number of aryl methyl sites for hydroxylation is 1. The van der Waals surface area contributed by atoms with Crippen molar-refractivity contribution < 1.29 is 14.3 Å². The minimum absolute atomic E-state index is 0.0246. The standard InChI is InChI=1S/C19H23N3O4/c1-13-3-2-4-15-17(13)20-12-22(18(15)24)11-16(23)21-7-5-14(6-8-21)19-25-9-10-26-19/h2-4,12,14,19H,5-11H2,1H3. The fourth-order valence-corrected chi connectivity index (χ4v) is 3.77. The zero-order chi connectivity index (χ0) is 18.1. The fraction of sp³-hybridized carbons (Fsp3) is 0.526. The van der Waals surface area contributed by atoms with Crippen LogP contribution in [0, 0.1) is 12.8 Å². The molecule has 0 radical (unpaired) electrons. The Morgan fingerprint density at radius 1 is 1.23 bits per heavy atom. The van der Waals surface area contributed by atoms with Crippen LogP contribution in [0.4, 0.5) is 0 Å². The van der Waals surface area contributed by atoms with E-state index in [4.69, 9.17) is 9.47 Å². The van der Waals surface area contributed by atoms with Gasteiger partial charge >= 0.3 is 0 Å². The molecule has 1 amide bonds. The lowest BCUT2D eigenvalue weighted by atomic mass is 9.96. The molecule has 2 aliphatic rings. The maximum absolute atomic E-state index is 12.6. The van der Waals surface area contributed by atoms with Crippen molar-refractivity contribution in [2.45, 2.75) is 32.6 Å². The summed E-state index contributed by atoms with van der Waals surface area (Å²) in [6.45, 7) is 4.59. The average molecular weight is 357 g/mol. The maximum Gasteiger partial charge on any atom is 0.261 e. The minimum Gasteiger partial charge on any atom is -0.350 e. The van der Waals surface area contributed by atoms with Gasteiger partial charge < -0.3 is 14.4 Å². The first-order chi connectivity index (χ1) is 12.6. The number of likely N-dealkylation sites (tertiary alicyclic amines) is 1. The molecule has 3 heterocycles. The lowest BCUT2D eigenvalue weighted by Gasteiger charge is -2.34. The molecule has 2 aliphatic heterocycles. The van der Waals surface area contributed by atoms with Crippen molar-refractivity contribution in [2.24, 2.45) is 5.92 Å². The summed E-state index contributed by atoms with van der Waals surface area (Å²) in [5, 5.41) is 0.550. The summed E-state index contributed by atoms with van der Waals surface area (Å²) in [5.74, 6) is 0.294. The molecule has 7 heteroatoms. The molecule has 2 saturated heterocycles. The zero-order valence-corrected chi connectivity index (χ0v) is 14.9. The Kier molecular flexibility index (Phi) is 4.74. The SMILES string of the molecule is Cc1cccc2c(=O)n(CC(=O)N3CCC(C4OCCO4)CC3)cnc12. The van der Waals surface area contributed by atoms with E-state index in [2.05, 4.69) is 4.98 Å². The number of hydrogen-bond donors (Lipinski definition) is 0. The number of ether oxygens (including phenoxy) is 2. The van der Waals surface area contributed by atoms with Gasteiger partial charge in [-0.05, 0) is 31.4 Å². The second kappa shape index (κ2) is 7.17. The van der Waals surface area contributed by atoms with Crippen molar-refractivity contribution in [3.8, 4) is 0 Å². The first-order valence-electron chi connectivity index (χ1n) is 9.09. The molecule has 2 fully saturated rings. The number of aromatic nitrogens is 2. The Balaban J connectivity index is 1.43. The van der Waals surface area contributed by atoms with Crippen LogP contribution < -0.4 is 5.56 Å². The topological polar surface area (TPSA) is 73.7 Å². The van der Waals surface area contributed by atoms with E-state index in [0.29, 0.717) is 43.1 Å². The number of para-hydroxylation sites is 1. The molecule has 0 unspecified atom stereocenters. The monoisotopic (exact) mass is 357 g/mol. The molecule has 2 aromatic rings. The normalized spacial score (nSPS) is 19.3. The number of carbonyl (C=O) groups is 1. The van der Waals surface area contributed by atoms with Crippen molar-refractivity contribution >= 4 is 16.8 Å². The van der Waals surface area contributed by atoms with Crippen LogP contribution in [0.2, 0.25) is 0 Å². The van der Waals surface area contributed by atoms with E-state index in [1.165, 1.54) is 10.9 Å². The summed E-state index contributed by atoms with van der Waals surface area (Å²) < 4.78 is 12.5. The minimum atomic E-state index is -0.172. The summed E-state index contributed by atoms with van der Waals surface area (Å²) >= 11 is 0. The second-order valence-corrected chi connectivity index (χ2v) is 6.98. The maximum atomic E-state index is 12.6. The Bertz CT molecular complexity index is 865. The van der Waals surface area contributed by atoms with Gasteiger partial charge in [0.2, 0.25) is 5.91 Å². The number of carbonyl (C=O) groups excluding carboxylic acids is 1. The first kappa shape index (κ1) is 17.2. The van der Waals surface area contributed by atoms with Crippen LogP contribution in [0.1, 0.15) is 18.4 Å². The van der Waals surface area contributed by atoms with E-state index in [9.17, 15) is 9.59 Å². The number of amides is 1. The van der Waals surface area contributed by atoms with Crippen LogP contribution >= 0.6 is 0 Å². The summed E-state index contributed by atoms with van der Waals surface area (Å²) in [6, 6.07) is 5.52. The first-order valence-corrected chi connectivity index (χ1v) is 9.09. The van der Waals surface area contributed by atoms with Crippen molar-refractivity contribution in [1.29, 1.82) is 0 Å². The van der Waals surface area contributed by atoms with Gasteiger partial charge in [-0.1, -0.05) is 12.1 Å². The Labute approximate surface area is 151 Å². The molecule has 0 bridgehead atoms. The lowest BCUT2D eigenvalue weighted by Crippen LogP contribution is -2.43. The van der Waals surface area contributed by atoms with E-state index < -0.39 is 0 Å². The highest BCUT2D eigenvalue weighted by Crippen LogP contribution is 2.25. The number of rotatable bonds is 3. The molecule has 0 aliphatic carbocycles. The molecule has 0 saturated carbocycles. The molecular weight excluding hydrogens is 334 g/mol. The van der Waals surface area contributed by atoms with Crippen LogP contribution in [-0.4, -0.2) is 53.0 Å². The Morgan fingerprint density at radius 2 is 1.96 bits per heavy atom. The molecule has 138 valence electrons. The molecule has 4 rings (SSSR count). The van der Waals surface area contributed by atoms with Gasteiger partial charge in [-0.15, -0.1) is 0 Å². The van der Waals surface area contributed by atoms with Crippen LogP contribution in [0.5, 0.6) is 0 Å². The van der Waals surface area contributed by atoms with Gasteiger partial charge in [-0.3, -0.25) is 14.2 Å².